The van der Waals surface area contributed by atoms with Crippen molar-refractivity contribution in [3.05, 3.63) is 40.4 Å². The van der Waals surface area contributed by atoms with E-state index in [4.69, 9.17) is 14.4 Å². The van der Waals surface area contributed by atoms with Gasteiger partial charge in [0.1, 0.15) is 0 Å². The molecule has 0 atom stereocenters. The maximum absolute atomic E-state index is 11.1. The summed E-state index contributed by atoms with van der Waals surface area (Å²) < 4.78 is 12.0. The van der Waals surface area contributed by atoms with E-state index in [-0.39, 0.29) is 18.3 Å². The van der Waals surface area contributed by atoms with Crippen molar-refractivity contribution in [2.75, 3.05) is 0 Å². The number of aryl methyl sites for hydroxylation is 1. The second-order valence-electron chi connectivity index (χ2n) is 6.86. The molecule has 0 bridgehead atoms. The van der Waals surface area contributed by atoms with Gasteiger partial charge in [-0.3, -0.25) is 0 Å². The third kappa shape index (κ3) is 3.10. The second-order valence-corrected chi connectivity index (χ2v) is 6.86. The van der Waals surface area contributed by atoms with Gasteiger partial charge >= 0.3 is 13.1 Å². The van der Waals surface area contributed by atoms with Crippen molar-refractivity contribution in [3.63, 3.8) is 0 Å². The fraction of sp³-hybridized carbons (Fsp3) is 0.471. The number of carbonyl (C=O) groups is 1. The van der Waals surface area contributed by atoms with Gasteiger partial charge in [-0.05, 0) is 64.2 Å². The van der Waals surface area contributed by atoms with Gasteiger partial charge in [0.15, 0.2) is 0 Å². The average Bonchev–Trinajstić information content (AvgIpc) is 2.58. The summed E-state index contributed by atoms with van der Waals surface area (Å²) in [6.45, 7) is 11.8. The molecule has 1 heterocycles. The van der Waals surface area contributed by atoms with E-state index in [0.29, 0.717) is 5.56 Å². The van der Waals surface area contributed by atoms with Crippen LogP contribution in [0.5, 0.6) is 0 Å². The van der Waals surface area contributed by atoms with Gasteiger partial charge in [-0.25, -0.2) is 4.79 Å². The predicted octanol–water partition coefficient (Wildman–Crippen LogP) is 3.73. The van der Waals surface area contributed by atoms with E-state index in [9.17, 15) is 4.79 Å². The van der Waals surface area contributed by atoms with Crippen LogP contribution >= 0.6 is 0 Å². The van der Waals surface area contributed by atoms with E-state index in [0.717, 1.165) is 16.6 Å². The number of hydrogen-bond acceptors (Lipinski definition) is 3. The standard InChI is InChI=1S/C17H23BO4/c1-11-9-13(7-8-14(11)15(19)20)10-12(2)18-21-16(3,4)17(5,6)22-18/h7-10H,1-6H3,(H,19,20). The number of aromatic carboxylic acids is 1. The highest BCUT2D eigenvalue weighted by atomic mass is 16.7. The number of carboxylic acids is 1. The maximum Gasteiger partial charge on any atom is 0.490 e. The average molecular weight is 302 g/mol. The summed E-state index contributed by atoms with van der Waals surface area (Å²) in [6, 6.07) is 5.28. The first-order valence-electron chi connectivity index (χ1n) is 7.41. The Kier molecular flexibility index (Phi) is 4.24. The maximum atomic E-state index is 11.1. The zero-order valence-electron chi connectivity index (χ0n) is 14.1. The third-order valence-corrected chi connectivity index (χ3v) is 4.50. The topological polar surface area (TPSA) is 55.8 Å². The van der Waals surface area contributed by atoms with Crippen molar-refractivity contribution in [1.29, 1.82) is 0 Å². The zero-order chi connectivity index (χ0) is 16.7. The Morgan fingerprint density at radius 2 is 1.73 bits per heavy atom. The van der Waals surface area contributed by atoms with Gasteiger partial charge in [-0.1, -0.05) is 18.2 Å². The molecule has 22 heavy (non-hydrogen) atoms. The van der Waals surface area contributed by atoms with Crippen LogP contribution in [0, 0.1) is 6.92 Å². The molecule has 1 N–H and O–H groups in total. The molecular weight excluding hydrogens is 279 g/mol. The fourth-order valence-electron chi connectivity index (χ4n) is 2.38. The molecule has 0 spiro atoms. The minimum Gasteiger partial charge on any atom is -0.478 e. The number of benzene rings is 1. The van der Waals surface area contributed by atoms with Crippen molar-refractivity contribution < 1.29 is 19.2 Å². The van der Waals surface area contributed by atoms with Crippen LogP contribution in [-0.4, -0.2) is 29.4 Å². The Labute approximate surface area is 132 Å². The number of allylic oxidation sites excluding steroid dienone is 1. The van der Waals surface area contributed by atoms with Crippen LogP contribution in [0.4, 0.5) is 0 Å². The van der Waals surface area contributed by atoms with Gasteiger partial charge in [0, 0.05) is 0 Å². The Morgan fingerprint density at radius 1 is 1.18 bits per heavy atom. The molecule has 0 aliphatic carbocycles. The van der Waals surface area contributed by atoms with Crippen molar-refractivity contribution in [1.82, 2.24) is 0 Å². The van der Waals surface area contributed by atoms with Gasteiger partial charge in [0.25, 0.3) is 0 Å². The molecule has 0 saturated carbocycles. The van der Waals surface area contributed by atoms with Crippen molar-refractivity contribution >= 4 is 19.2 Å². The van der Waals surface area contributed by atoms with Crippen LogP contribution in [0.1, 0.15) is 56.1 Å². The normalized spacial score (nSPS) is 20.3. The first-order chi connectivity index (χ1) is 10.0. The smallest absolute Gasteiger partial charge is 0.478 e. The number of hydrogen-bond donors (Lipinski definition) is 1. The van der Waals surface area contributed by atoms with Crippen molar-refractivity contribution in [2.45, 2.75) is 52.7 Å². The highest BCUT2D eigenvalue weighted by Crippen LogP contribution is 2.38. The van der Waals surface area contributed by atoms with Crippen LogP contribution in [-0.2, 0) is 9.31 Å². The van der Waals surface area contributed by atoms with Crippen LogP contribution < -0.4 is 0 Å². The first-order valence-corrected chi connectivity index (χ1v) is 7.41. The highest BCUT2D eigenvalue weighted by molar-refractivity contribution is 6.55. The van der Waals surface area contributed by atoms with Crippen molar-refractivity contribution in [3.8, 4) is 0 Å². The minimum atomic E-state index is -0.907. The molecule has 4 nitrogen and oxygen atoms in total. The van der Waals surface area contributed by atoms with Gasteiger partial charge < -0.3 is 14.4 Å². The van der Waals surface area contributed by atoms with Crippen LogP contribution in [0.3, 0.4) is 0 Å². The molecule has 0 amide bonds. The fourth-order valence-corrected chi connectivity index (χ4v) is 2.38. The predicted molar refractivity (Wildman–Crippen MR) is 87.9 cm³/mol. The first kappa shape index (κ1) is 16.8. The molecule has 1 aromatic carbocycles. The second kappa shape index (κ2) is 5.56. The molecule has 1 aromatic rings. The summed E-state index contributed by atoms with van der Waals surface area (Å²) in [7, 11) is -0.385. The van der Waals surface area contributed by atoms with Gasteiger partial charge in [-0.15, -0.1) is 0 Å². The van der Waals surface area contributed by atoms with E-state index >= 15 is 0 Å². The monoisotopic (exact) mass is 302 g/mol. The molecule has 118 valence electrons. The Balaban J connectivity index is 2.24. The largest absolute Gasteiger partial charge is 0.490 e. The molecule has 0 radical (unpaired) electrons. The van der Waals surface area contributed by atoms with Gasteiger partial charge in [0.05, 0.1) is 16.8 Å². The lowest BCUT2D eigenvalue weighted by Crippen LogP contribution is -2.41. The lowest BCUT2D eigenvalue weighted by Gasteiger charge is -2.32. The number of rotatable bonds is 3. The molecule has 5 heteroatoms. The molecule has 2 rings (SSSR count). The minimum absolute atomic E-state index is 0.324. The lowest BCUT2D eigenvalue weighted by atomic mass is 9.78. The molecule has 1 saturated heterocycles. The molecule has 0 unspecified atom stereocenters. The van der Waals surface area contributed by atoms with E-state index in [1.165, 1.54) is 0 Å². The summed E-state index contributed by atoms with van der Waals surface area (Å²) in [6.07, 6.45) is 1.97. The lowest BCUT2D eigenvalue weighted by molar-refractivity contribution is 0.00578. The van der Waals surface area contributed by atoms with E-state index < -0.39 is 5.97 Å². The van der Waals surface area contributed by atoms with Crippen LogP contribution in [0.2, 0.25) is 0 Å². The molecule has 0 aromatic heterocycles. The highest BCUT2D eigenvalue weighted by Gasteiger charge is 2.51. The summed E-state index contributed by atoms with van der Waals surface area (Å²) >= 11 is 0. The zero-order valence-corrected chi connectivity index (χ0v) is 14.1. The molecule has 1 aliphatic rings. The summed E-state index contributed by atoms with van der Waals surface area (Å²) in [4.78, 5) is 11.1. The third-order valence-electron chi connectivity index (χ3n) is 4.50. The molecular formula is C17H23BO4. The summed E-state index contributed by atoms with van der Waals surface area (Å²) in [5.41, 5.74) is 2.23. The quantitative estimate of drug-likeness (QED) is 0.864. The Hall–Kier alpha value is -1.59. The van der Waals surface area contributed by atoms with Gasteiger partial charge in [0.2, 0.25) is 0 Å². The van der Waals surface area contributed by atoms with E-state index in [2.05, 4.69) is 0 Å². The van der Waals surface area contributed by atoms with Crippen LogP contribution in [0.15, 0.2) is 23.7 Å². The summed E-state index contributed by atoms with van der Waals surface area (Å²) in [5.74, 6) is -0.907. The van der Waals surface area contributed by atoms with E-state index in [1.54, 1.807) is 19.1 Å². The number of carboxylic acid groups (broad SMARTS) is 1. The summed E-state index contributed by atoms with van der Waals surface area (Å²) in [5, 5.41) is 9.07. The molecule has 1 aliphatic heterocycles. The molecule has 1 fully saturated rings. The van der Waals surface area contributed by atoms with E-state index in [1.807, 2.05) is 46.8 Å². The van der Waals surface area contributed by atoms with Crippen molar-refractivity contribution in [2.24, 2.45) is 0 Å². The Bertz CT molecular complexity index is 616. The SMILES string of the molecule is CC(=Cc1ccc(C(=O)O)c(C)c1)B1OC(C)(C)C(C)(C)O1. The Morgan fingerprint density at radius 3 is 2.18 bits per heavy atom. The van der Waals surface area contributed by atoms with Gasteiger partial charge in [-0.2, -0.15) is 0 Å². The van der Waals surface area contributed by atoms with Crippen LogP contribution in [0.25, 0.3) is 6.08 Å².